The van der Waals surface area contributed by atoms with Gasteiger partial charge in [-0.05, 0) is 54.0 Å². The van der Waals surface area contributed by atoms with Crippen LogP contribution >= 0.6 is 15.9 Å². The van der Waals surface area contributed by atoms with Crippen LogP contribution in [0.15, 0.2) is 10.7 Å². The molecule has 2 rings (SSSR count). The van der Waals surface area contributed by atoms with Crippen LogP contribution in [-0.4, -0.2) is 14.9 Å². The molecule has 4 heteroatoms. The first-order valence-electron chi connectivity index (χ1n) is 7.55. The van der Waals surface area contributed by atoms with E-state index >= 15 is 0 Å². The molecule has 0 atom stereocenters. The van der Waals surface area contributed by atoms with Gasteiger partial charge >= 0.3 is 0 Å². The fourth-order valence-electron chi connectivity index (χ4n) is 3.30. The van der Waals surface area contributed by atoms with Crippen molar-refractivity contribution in [3.63, 3.8) is 0 Å². The Morgan fingerprint density at radius 3 is 2.63 bits per heavy atom. The van der Waals surface area contributed by atoms with Crippen molar-refractivity contribution in [2.24, 2.45) is 5.92 Å². The van der Waals surface area contributed by atoms with Crippen molar-refractivity contribution in [3.05, 3.63) is 16.4 Å². The quantitative estimate of drug-likeness (QED) is 0.878. The van der Waals surface area contributed by atoms with E-state index in [0.29, 0.717) is 0 Å². The largest absolute Gasteiger partial charge is 0.384 e. The number of hydrogen-bond acceptors (Lipinski definition) is 2. The Kier molecular flexibility index (Phi) is 5.07. The van der Waals surface area contributed by atoms with Crippen molar-refractivity contribution < 1.29 is 5.11 Å². The molecule has 1 aliphatic rings. The van der Waals surface area contributed by atoms with Gasteiger partial charge < -0.3 is 5.11 Å². The van der Waals surface area contributed by atoms with E-state index < -0.39 is 5.60 Å². The minimum Gasteiger partial charge on any atom is -0.384 e. The van der Waals surface area contributed by atoms with Crippen molar-refractivity contribution in [2.75, 3.05) is 0 Å². The van der Waals surface area contributed by atoms with E-state index in [4.69, 9.17) is 0 Å². The molecule has 0 unspecified atom stereocenters. The molecule has 19 heavy (non-hydrogen) atoms. The molecular formula is C15H25BrN2O. The number of nitrogens with zero attached hydrogens (tertiary/aromatic N) is 2. The van der Waals surface area contributed by atoms with E-state index in [1.165, 1.54) is 12.8 Å². The third-order valence-electron chi connectivity index (χ3n) is 4.30. The summed E-state index contributed by atoms with van der Waals surface area (Å²) in [5.41, 5.74) is 0.304. The van der Waals surface area contributed by atoms with Gasteiger partial charge in [0.1, 0.15) is 5.60 Å². The van der Waals surface area contributed by atoms with Gasteiger partial charge in [0.2, 0.25) is 0 Å². The van der Waals surface area contributed by atoms with Crippen molar-refractivity contribution in [2.45, 2.75) is 70.9 Å². The maximum atomic E-state index is 11.0. The smallest absolute Gasteiger partial charge is 0.107 e. The topological polar surface area (TPSA) is 38.1 Å². The molecule has 0 aliphatic heterocycles. The fourth-order valence-corrected chi connectivity index (χ4v) is 3.96. The van der Waals surface area contributed by atoms with E-state index in [2.05, 4.69) is 34.9 Å². The van der Waals surface area contributed by atoms with Crippen LogP contribution < -0.4 is 0 Å². The second-order valence-electron chi connectivity index (χ2n) is 5.83. The molecule has 0 spiro atoms. The summed E-state index contributed by atoms with van der Waals surface area (Å²) in [6.45, 7) is 5.26. The second kappa shape index (κ2) is 6.40. The van der Waals surface area contributed by atoms with Crippen LogP contribution in [0.3, 0.4) is 0 Å². The van der Waals surface area contributed by atoms with E-state index in [9.17, 15) is 5.11 Å². The number of halogens is 1. The van der Waals surface area contributed by atoms with Gasteiger partial charge in [-0.25, -0.2) is 0 Å². The van der Waals surface area contributed by atoms with Crippen LogP contribution in [0.25, 0.3) is 0 Å². The zero-order chi connectivity index (χ0) is 13.9. The first-order chi connectivity index (χ1) is 9.10. The highest BCUT2D eigenvalue weighted by Crippen LogP contribution is 2.43. The molecule has 0 amide bonds. The minimum atomic E-state index is -0.686. The molecule has 0 radical (unpaired) electrons. The van der Waals surface area contributed by atoms with Crippen LogP contribution in [0.1, 0.15) is 64.5 Å². The molecule has 0 bridgehead atoms. The highest BCUT2D eigenvalue weighted by molar-refractivity contribution is 9.10. The number of hydrogen-bond donors (Lipinski definition) is 1. The third kappa shape index (κ3) is 3.22. The molecule has 1 N–H and O–H groups in total. The minimum absolute atomic E-state index is 0.686. The molecule has 1 heterocycles. The lowest BCUT2D eigenvalue weighted by Gasteiger charge is -2.36. The van der Waals surface area contributed by atoms with Crippen molar-refractivity contribution in [3.8, 4) is 0 Å². The standard InChI is InChI=1S/C15H25BrN2O/c1-3-5-12-6-8-15(19,9-7-12)14-13(16)11-17-18(14)10-4-2/h11-12,19H,3-10H2,1-2H3. The summed E-state index contributed by atoms with van der Waals surface area (Å²) in [6, 6.07) is 0. The number of aromatic nitrogens is 2. The predicted molar refractivity (Wildman–Crippen MR) is 81.0 cm³/mol. The van der Waals surface area contributed by atoms with Crippen LogP contribution in [0, 0.1) is 5.92 Å². The molecule has 3 nitrogen and oxygen atoms in total. The van der Waals surface area contributed by atoms with Crippen molar-refractivity contribution in [1.82, 2.24) is 9.78 Å². The molecule has 1 aromatic rings. The Hall–Kier alpha value is -0.350. The lowest BCUT2D eigenvalue weighted by Crippen LogP contribution is -2.34. The summed E-state index contributed by atoms with van der Waals surface area (Å²) in [4.78, 5) is 0. The molecule has 1 aromatic heterocycles. The number of aliphatic hydroxyl groups is 1. The van der Waals surface area contributed by atoms with Crippen LogP contribution in [0.5, 0.6) is 0 Å². The normalized spacial score (nSPS) is 27.7. The summed E-state index contributed by atoms with van der Waals surface area (Å²) in [5, 5.41) is 15.4. The number of rotatable bonds is 5. The lowest BCUT2D eigenvalue weighted by molar-refractivity contribution is -0.0234. The Bertz CT molecular complexity index is 408. The molecule has 1 aliphatic carbocycles. The zero-order valence-electron chi connectivity index (χ0n) is 12.0. The molecule has 1 saturated carbocycles. The summed E-state index contributed by atoms with van der Waals surface area (Å²) in [6.07, 6.45) is 9.41. The molecular weight excluding hydrogens is 304 g/mol. The molecule has 0 saturated heterocycles. The third-order valence-corrected chi connectivity index (χ3v) is 4.88. The SMILES string of the molecule is CCCC1CCC(O)(c2c(Br)cnn2CCC)CC1. The van der Waals surface area contributed by atoms with Gasteiger partial charge in [-0.2, -0.15) is 5.10 Å². The molecule has 108 valence electrons. The van der Waals surface area contributed by atoms with E-state index in [1.807, 2.05) is 10.9 Å². The van der Waals surface area contributed by atoms with Crippen LogP contribution in [-0.2, 0) is 12.1 Å². The summed E-state index contributed by atoms with van der Waals surface area (Å²) < 4.78 is 2.93. The predicted octanol–water partition coefficient (Wildman–Crippen LogP) is 4.23. The molecule has 0 aromatic carbocycles. The second-order valence-corrected chi connectivity index (χ2v) is 6.68. The molecule has 1 fully saturated rings. The van der Waals surface area contributed by atoms with Gasteiger partial charge in [-0.1, -0.05) is 26.7 Å². The van der Waals surface area contributed by atoms with Gasteiger partial charge in [0.05, 0.1) is 16.4 Å². The van der Waals surface area contributed by atoms with Gasteiger partial charge in [0.15, 0.2) is 0 Å². The highest BCUT2D eigenvalue weighted by Gasteiger charge is 2.38. The Balaban J connectivity index is 2.15. The van der Waals surface area contributed by atoms with Gasteiger partial charge in [-0.3, -0.25) is 4.68 Å². The Labute approximate surface area is 124 Å². The first-order valence-corrected chi connectivity index (χ1v) is 8.34. The van der Waals surface area contributed by atoms with Crippen LogP contribution in [0.2, 0.25) is 0 Å². The maximum absolute atomic E-state index is 11.0. The Morgan fingerprint density at radius 1 is 1.37 bits per heavy atom. The lowest BCUT2D eigenvalue weighted by atomic mass is 9.75. The first kappa shape index (κ1) is 15.0. The van der Waals surface area contributed by atoms with E-state index in [1.54, 1.807) is 0 Å². The summed E-state index contributed by atoms with van der Waals surface area (Å²) in [7, 11) is 0. The maximum Gasteiger partial charge on any atom is 0.107 e. The fraction of sp³-hybridized carbons (Fsp3) is 0.800. The van der Waals surface area contributed by atoms with Crippen molar-refractivity contribution in [1.29, 1.82) is 0 Å². The average molecular weight is 329 g/mol. The van der Waals surface area contributed by atoms with Gasteiger partial charge in [-0.15, -0.1) is 0 Å². The van der Waals surface area contributed by atoms with Crippen molar-refractivity contribution >= 4 is 15.9 Å². The summed E-state index contributed by atoms with van der Waals surface area (Å²) in [5.74, 6) is 0.798. The average Bonchev–Trinajstić information content (AvgIpc) is 2.75. The highest BCUT2D eigenvalue weighted by atomic mass is 79.9. The monoisotopic (exact) mass is 328 g/mol. The van der Waals surface area contributed by atoms with Crippen LogP contribution in [0.4, 0.5) is 0 Å². The van der Waals surface area contributed by atoms with Gasteiger partial charge in [0, 0.05) is 6.54 Å². The zero-order valence-corrected chi connectivity index (χ0v) is 13.6. The van der Waals surface area contributed by atoms with E-state index in [-0.39, 0.29) is 0 Å². The Morgan fingerprint density at radius 2 is 2.05 bits per heavy atom. The van der Waals surface area contributed by atoms with E-state index in [0.717, 1.165) is 54.7 Å². The number of aryl methyl sites for hydroxylation is 1. The van der Waals surface area contributed by atoms with Gasteiger partial charge in [0.25, 0.3) is 0 Å². The summed E-state index contributed by atoms with van der Waals surface area (Å²) >= 11 is 3.56.